The fourth-order valence-electron chi connectivity index (χ4n) is 4.48. The molecule has 7 nitrogen and oxygen atoms in total. The number of aromatic nitrogens is 4. The molecule has 0 fully saturated rings. The van der Waals surface area contributed by atoms with Crippen LogP contribution in [0.25, 0.3) is 10.9 Å². The van der Waals surface area contributed by atoms with Crippen molar-refractivity contribution in [3.05, 3.63) is 82.8 Å². The summed E-state index contributed by atoms with van der Waals surface area (Å²) in [4.78, 5) is 26.4. The zero-order chi connectivity index (χ0) is 22.2. The summed E-state index contributed by atoms with van der Waals surface area (Å²) in [6.45, 7) is 2.70. The zero-order valence-corrected chi connectivity index (χ0v) is 18.6. The van der Waals surface area contributed by atoms with Crippen LogP contribution in [-0.2, 0) is 24.9 Å². The maximum Gasteiger partial charge on any atom is 0.365 e. The molecule has 0 bridgehead atoms. The van der Waals surface area contributed by atoms with Gasteiger partial charge in [0.1, 0.15) is 11.0 Å². The summed E-state index contributed by atoms with van der Waals surface area (Å²) in [5, 5.41) is 5.78. The van der Waals surface area contributed by atoms with Crippen molar-refractivity contribution in [3.63, 3.8) is 0 Å². The van der Waals surface area contributed by atoms with E-state index in [1.54, 1.807) is 12.3 Å². The molecule has 1 unspecified atom stereocenters. The summed E-state index contributed by atoms with van der Waals surface area (Å²) in [5.74, 6) is 0.457. The van der Waals surface area contributed by atoms with Crippen molar-refractivity contribution in [2.75, 3.05) is 0 Å². The quantitative estimate of drug-likeness (QED) is 0.261. The van der Waals surface area contributed by atoms with Gasteiger partial charge in [-0.05, 0) is 38.0 Å². The maximum absolute atomic E-state index is 12.7. The SMILES string of the molecule is Cc1nccn1CC1CCc2c(c3ccccc3n2C)/C1=N/OC(=O)c1ccnc(Cl)c1. The third kappa shape index (κ3) is 3.58. The Morgan fingerprint density at radius 2 is 2.09 bits per heavy atom. The van der Waals surface area contributed by atoms with Crippen LogP contribution in [0, 0.1) is 12.8 Å². The van der Waals surface area contributed by atoms with Crippen LogP contribution >= 0.6 is 11.6 Å². The highest BCUT2D eigenvalue weighted by molar-refractivity contribution is 6.29. The molecular weight excluding hydrogens is 426 g/mol. The van der Waals surface area contributed by atoms with Crippen molar-refractivity contribution in [3.8, 4) is 0 Å². The zero-order valence-electron chi connectivity index (χ0n) is 17.8. The molecule has 8 heteroatoms. The van der Waals surface area contributed by atoms with E-state index < -0.39 is 5.97 Å². The molecule has 0 amide bonds. The molecule has 0 N–H and O–H groups in total. The highest BCUT2D eigenvalue weighted by Crippen LogP contribution is 2.35. The second-order valence-electron chi connectivity index (χ2n) is 7.98. The number of hydrogen-bond donors (Lipinski definition) is 0. The van der Waals surface area contributed by atoms with Crippen LogP contribution < -0.4 is 0 Å². The Morgan fingerprint density at radius 1 is 1.25 bits per heavy atom. The van der Waals surface area contributed by atoms with Gasteiger partial charge >= 0.3 is 5.97 Å². The average molecular weight is 448 g/mol. The van der Waals surface area contributed by atoms with E-state index in [9.17, 15) is 4.79 Å². The van der Waals surface area contributed by atoms with Gasteiger partial charge in [-0.3, -0.25) is 0 Å². The lowest BCUT2D eigenvalue weighted by Crippen LogP contribution is -2.28. The van der Waals surface area contributed by atoms with Crippen LogP contribution in [0.5, 0.6) is 0 Å². The minimum absolute atomic E-state index is 0.0787. The van der Waals surface area contributed by atoms with E-state index in [0.717, 1.165) is 40.8 Å². The Balaban J connectivity index is 1.57. The molecule has 162 valence electrons. The first kappa shape index (κ1) is 20.5. The second kappa shape index (κ2) is 8.24. The summed E-state index contributed by atoms with van der Waals surface area (Å²) >= 11 is 5.92. The average Bonchev–Trinajstić information content (AvgIpc) is 3.33. The molecule has 0 spiro atoms. The fraction of sp³-hybridized carbons (Fsp3) is 0.250. The third-order valence-corrected chi connectivity index (χ3v) is 6.34. The third-order valence-electron chi connectivity index (χ3n) is 6.13. The summed E-state index contributed by atoms with van der Waals surface area (Å²) < 4.78 is 4.32. The number of rotatable bonds is 4. The van der Waals surface area contributed by atoms with Crippen LogP contribution in [0.3, 0.4) is 0 Å². The smallest absolute Gasteiger partial charge is 0.347 e. The van der Waals surface area contributed by atoms with Crippen molar-refractivity contribution in [2.45, 2.75) is 26.3 Å². The minimum Gasteiger partial charge on any atom is -0.347 e. The number of pyridine rings is 1. The highest BCUT2D eigenvalue weighted by Gasteiger charge is 2.32. The first-order valence-corrected chi connectivity index (χ1v) is 10.9. The number of aryl methyl sites for hydroxylation is 2. The number of nitrogens with zero attached hydrogens (tertiary/aromatic N) is 5. The number of fused-ring (bicyclic) bond motifs is 3. The summed E-state index contributed by atoms with van der Waals surface area (Å²) in [6.07, 6.45) is 7.06. The minimum atomic E-state index is -0.563. The lowest BCUT2D eigenvalue weighted by atomic mass is 9.84. The largest absolute Gasteiger partial charge is 0.365 e. The first-order valence-electron chi connectivity index (χ1n) is 10.5. The molecule has 0 aliphatic heterocycles. The highest BCUT2D eigenvalue weighted by atomic mass is 35.5. The summed E-state index contributed by atoms with van der Waals surface area (Å²) in [5.41, 5.74) is 4.48. The van der Waals surface area contributed by atoms with E-state index >= 15 is 0 Å². The Morgan fingerprint density at radius 3 is 2.88 bits per heavy atom. The number of hydrogen-bond acceptors (Lipinski definition) is 5. The van der Waals surface area contributed by atoms with Crippen LogP contribution in [0.1, 0.15) is 33.9 Å². The van der Waals surface area contributed by atoms with E-state index in [4.69, 9.17) is 16.4 Å². The molecule has 3 heterocycles. The number of carbonyl (C=O) groups excluding carboxylic acids is 1. The van der Waals surface area contributed by atoms with Gasteiger partial charge in [0.2, 0.25) is 0 Å². The Kier molecular flexibility index (Phi) is 5.27. The van der Waals surface area contributed by atoms with Crippen LogP contribution in [0.4, 0.5) is 0 Å². The molecule has 1 atom stereocenters. The molecule has 1 aromatic carbocycles. The monoisotopic (exact) mass is 447 g/mol. The summed E-state index contributed by atoms with van der Waals surface area (Å²) in [7, 11) is 2.07. The van der Waals surface area contributed by atoms with Crippen LogP contribution in [-0.4, -0.2) is 30.8 Å². The number of halogens is 1. The van der Waals surface area contributed by atoms with E-state index in [1.807, 2.05) is 25.3 Å². The molecule has 1 aliphatic rings. The topological polar surface area (TPSA) is 74.3 Å². The first-order chi connectivity index (χ1) is 15.5. The number of para-hydroxylation sites is 1. The van der Waals surface area contributed by atoms with E-state index in [0.29, 0.717) is 12.1 Å². The van der Waals surface area contributed by atoms with Gasteiger partial charge in [0.25, 0.3) is 0 Å². The van der Waals surface area contributed by atoms with Gasteiger partial charge in [-0.2, -0.15) is 0 Å². The fourth-order valence-corrected chi connectivity index (χ4v) is 4.66. The van der Waals surface area contributed by atoms with Crippen molar-refractivity contribution < 1.29 is 9.63 Å². The van der Waals surface area contributed by atoms with E-state index in [2.05, 4.69) is 43.4 Å². The predicted molar refractivity (Wildman–Crippen MR) is 123 cm³/mol. The molecule has 3 aromatic heterocycles. The van der Waals surface area contributed by atoms with Gasteiger partial charge in [-0.1, -0.05) is 35.0 Å². The lowest BCUT2D eigenvalue weighted by molar-refractivity contribution is 0.0513. The van der Waals surface area contributed by atoms with Crippen molar-refractivity contribution >= 4 is 34.2 Å². The maximum atomic E-state index is 12.7. The van der Waals surface area contributed by atoms with E-state index in [-0.39, 0.29) is 11.1 Å². The predicted octanol–water partition coefficient (Wildman–Crippen LogP) is 4.56. The van der Waals surface area contributed by atoms with Gasteiger partial charge < -0.3 is 14.0 Å². The van der Waals surface area contributed by atoms with E-state index in [1.165, 1.54) is 18.0 Å². The number of imidazole rings is 1. The van der Waals surface area contributed by atoms with Gasteiger partial charge in [-0.15, -0.1) is 0 Å². The lowest BCUT2D eigenvalue weighted by Gasteiger charge is -2.25. The molecule has 0 saturated carbocycles. The molecule has 1 aliphatic carbocycles. The molecule has 5 rings (SSSR count). The van der Waals surface area contributed by atoms with Gasteiger partial charge in [0.15, 0.2) is 0 Å². The Bertz CT molecular complexity index is 1350. The van der Waals surface area contributed by atoms with Gasteiger partial charge in [0, 0.05) is 60.3 Å². The van der Waals surface area contributed by atoms with Crippen molar-refractivity contribution in [1.29, 1.82) is 0 Å². The molecule has 0 radical (unpaired) electrons. The number of benzene rings is 1. The number of carbonyl (C=O) groups is 1. The van der Waals surface area contributed by atoms with Crippen LogP contribution in [0.15, 0.2) is 60.1 Å². The Labute approximate surface area is 190 Å². The van der Waals surface area contributed by atoms with Crippen molar-refractivity contribution in [1.82, 2.24) is 19.1 Å². The standard InChI is InChI=1S/C24H22ClN5O2/c1-15-26-11-12-30(15)14-17-7-8-20-22(18-5-3-4-6-19(18)29(20)2)23(17)28-32-24(31)16-9-10-27-21(25)13-16/h3-6,9-13,17H,7-8,14H2,1-2H3/b28-23+. The molecule has 32 heavy (non-hydrogen) atoms. The van der Waals surface area contributed by atoms with Gasteiger partial charge in [0.05, 0.1) is 11.3 Å². The number of oxime groups is 1. The Hall–Kier alpha value is -3.45. The second-order valence-corrected chi connectivity index (χ2v) is 8.37. The summed E-state index contributed by atoms with van der Waals surface area (Å²) in [6, 6.07) is 11.3. The molecule has 0 saturated heterocycles. The van der Waals surface area contributed by atoms with Gasteiger partial charge in [-0.25, -0.2) is 14.8 Å². The molecular formula is C24H22ClN5O2. The van der Waals surface area contributed by atoms with Crippen molar-refractivity contribution in [2.24, 2.45) is 18.1 Å². The van der Waals surface area contributed by atoms with Crippen LogP contribution in [0.2, 0.25) is 5.15 Å². The molecule has 4 aromatic rings. The normalized spacial score (nSPS) is 17.0.